The van der Waals surface area contributed by atoms with Gasteiger partial charge in [-0.3, -0.25) is 4.79 Å². The number of ether oxygens (including phenoxy) is 1. The first-order valence-electron chi connectivity index (χ1n) is 11.6. The number of aromatic nitrogens is 3. The van der Waals surface area contributed by atoms with Crippen molar-refractivity contribution in [2.45, 2.75) is 50.2 Å². The van der Waals surface area contributed by atoms with Crippen LogP contribution in [0.2, 0.25) is 0 Å². The Morgan fingerprint density at radius 1 is 1.12 bits per heavy atom. The third-order valence-corrected chi connectivity index (χ3v) is 7.03. The van der Waals surface area contributed by atoms with E-state index in [1.165, 1.54) is 5.56 Å². The maximum Gasteiger partial charge on any atom is 0.227 e. The van der Waals surface area contributed by atoms with Crippen LogP contribution >= 0.6 is 11.8 Å². The fourth-order valence-corrected chi connectivity index (χ4v) is 5.06. The van der Waals surface area contributed by atoms with Crippen LogP contribution in [0.1, 0.15) is 49.8 Å². The van der Waals surface area contributed by atoms with Crippen LogP contribution in [-0.4, -0.2) is 32.9 Å². The first-order valence-corrected chi connectivity index (χ1v) is 12.6. The van der Waals surface area contributed by atoms with Crippen molar-refractivity contribution in [3.8, 4) is 5.75 Å². The topological polar surface area (TPSA) is 69.0 Å². The van der Waals surface area contributed by atoms with Gasteiger partial charge in [-0.25, -0.2) is 4.68 Å². The lowest BCUT2D eigenvalue weighted by molar-refractivity contribution is -0.116. The highest BCUT2D eigenvalue weighted by atomic mass is 32.2. The Kier molecular flexibility index (Phi) is 6.48. The van der Waals surface area contributed by atoms with Gasteiger partial charge in [-0.2, -0.15) is 4.98 Å². The van der Waals surface area contributed by atoms with Crippen molar-refractivity contribution in [3.05, 3.63) is 77.0 Å². The molecule has 3 aromatic rings. The molecule has 2 aromatic carbocycles. The lowest BCUT2D eigenvalue weighted by Crippen LogP contribution is -2.31. The highest BCUT2D eigenvalue weighted by Crippen LogP contribution is 2.40. The van der Waals surface area contributed by atoms with Crippen molar-refractivity contribution in [3.63, 3.8) is 0 Å². The molecule has 0 amide bonds. The smallest absolute Gasteiger partial charge is 0.227 e. The minimum absolute atomic E-state index is 0.195. The highest BCUT2D eigenvalue weighted by Gasteiger charge is 2.36. The molecule has 6 nitrogen and oxygen atoms in total. The van der Waals surface area contributed by atoms with Crippen LogP contribution in [0, 0.1) is 0 Å². The summed E-state index contributed by atoms with van der Waals surface area (Å²) in [6.07, 6.45) is 4.24. The van der Waals surface area contributed by atoms with Gasteiger partial charge in [-0.05, 0) is 42.5 Å². The zero-order valence-electron chi connectivity index (χ0n) is 18.8. The summed E-state index contributed by atoms with van der Waals surface area (Å²) in [5.41, 5.74) is 4.09. The third kappa shape index (κ3) is 4.69. The maximum absolute atomic E-state index is 13.0. The Morgan fingerprint density at radius 3 is 2.73 bits per heavy atom. The SMILES string of the molecule is CCCSc1nc2n(n1)C(c1ccc(OCCc3ccccc3)cc1)C1=C(CCCC1=O)N2. The minimum atomic E-state index is -0.258. The summed E-state index contributed by atoms with van der Waals surface area (Å²) in [7, 11) is 0. The second-order valence-electron chi connectivity index (χ2n) is 8.36. The molecule has 1 unspecified atom stereocenters. The summed E-state index contributed by atoms with van der Waals surface area (Å²) in [5.74, 6) is 2.71. The van der Waals surface area contributed by atoms with Gasteiger partial charge in [0, 0.05) is 29.9 Å². The van der Waals surface area contributed by atoms with E-state index in [-0.39, 0.29) is 11.8 Å². The Morgan fingerprint density at radius 2 is 1.94 bits per heavy atom. The number of hydrogen-bond acceptors (Lipinski definition) is 6. The first kappa shape index (κ1) is 21.8. The molecule has 33 heavy (non-hydrogen) atoms. The summed E-state index contributed by atoms with van der Waals surface area (Å²) in [6.45, 7) is 2.77. The van der Waals surface area contributed by atoms with Gasteiger partial charge in [0.15, 0.2) is 5.78 Å². The second kappa shape index (κ2) is 9.83. The number of carbonyl (C=O) groups is 1. The maximum atomic E-state index is 13.0. The van der Waals surface area contributed by atoms with Crippen LogP contribution < -0.4 is 10.1 Å². The van der Waals surface area contributed by atoms with Crippen molar-refractivity contribution in [1.29, 1.82) is 0 Å². The van der Waals surface area contributed by atoms with Crippen LogP contribution in [0.3, 0.4) is 0 Å². The molecular formula is C26H28N4O2S. The summed E-state index contributed by atoms with van der Waals surface area (Å²) in [5, 5.41) is 8.90. The molecule has 0 spiro atoms. The molecular weight excluding hydrogens is 432 g/mol. The zero-order valence-corrected chi connectivity index (χ0v) is 19.6. The van der Waals surface area contributed by atoms with E-state index in [1.807, 2.05) is 47.1 Å². The van der Waals surface area contributed by atoms with E-state index in [2.05, 4.69) is 24.4 Å². The number of ketones is 1. The largest absolute Gasteiger partial charge is 0.493 e. The quantitative estimate of drug-likeness (QED) is 0.453. The second-order valence-corrected chi connectivity index (χ2v) is 9.42. The molecule has 0 radical (unpaired) electrons. The first-order chi connectivity index (χ1) is 16.2. The molecule has 1 aliphatic heterocycles. The van der Waals surface area contributed by atoms with E-state index in [9.17, 15) is 4.79 Å². The summed E-state index contributed by atoms with van der Waals surface area (Å²) < 4.78 is 7.85. The Balaban J connectivity index is 1.38. The van der Waals surface area contributed by atoms with Gasteiger partial charge in [-0.15, -0.1) is 5.10 Å². The molecule has 2 heterocycles. The molecule has 0 saturated carbocycles. The van der Waals surface area contributed by atoms with Gasteiger partial charge in [0.1, 0.15) is 11.8 Å². The number of rotatable bonds is 8. The average molecular weight is 461 g/mol. The number of hydrogen-bond donors (Lipinski definition) is 1. The van der Waals surface area contributed by atoms with Gasteiger partial charge in [0.2, 0.25) is 11.1 Å². The Bertz CT molecular complexity index is 1150. The number of nitrogens with one attached hydrogen (secondary N) is 1. The fraction of sp³-hybridized carbons (Fsp3) is 0.346. The molecule has 170 valence electrons. The van der Waals surface area contributed by atoms with Gasteiger partial charge < -0.3 is 10.1 Å². The third-order valence-electron chi connectivity index (χ3n) is 5.98. The molecule has 0 fully saturated rings. The van der Waals surface area contributed by atoms with E-state index in [0.29, 0.717) is 13.0 Å². The van der Waals surface area contributed by atoms with Crippen molar-refractivity contribution in [1.82, 2.24) is 14.8 Å². The van der Waals surface area contributed by atoms with Crippen LogP contribution in [-0.2, 0) is 11.2 Å². The van der Waals surface area contributed by atoms with Crippen molar-refractivity contribution >= 4 is 23.5 Å². The number of nitrogens with zero attached hydrogens (tertiary/aromatic N) is 3. The van der Waals surface area contributed by atoms with E-state index in [0.717, 1.165) is 65.1 Å². The summed E-state index contributed by atoms with van der Waals surface area (Å²) in [6, 6.07) is 18.1. The molecule has 0 saturated heterocycles. The van der Waals surface area contributed by atoms with Gasteiger partial charge in [-0.1, -0.05) is 61.2 Å². The molecule has 1 N–H and O–H groups in total. The van der Waals surface area contributed by atoms with Crippen LogP contribution in [0.25, 0.3) is 0 Å². The van der Waals surface area contributed by atoms with Gasteiger partial charge in [0.05, 0.1) is 6.61 Å². The number of Topliss-reactive ketones (excluding diaryl/α,β-unsaturated/α-hetero) is 1. The fourth-order valence-electron chi connectivity index (χ4n) is 4.38. The molecule has 2 aliphatic rings. The predicted octanol–water partition coefficient (Wildman–Crippen LogP) is 5.42. The normalized spacial score (nSPS) is 17.4. The lowest BCUT2D eigenvalue weighted by atomic mass is 9.85. The summed E-state index contributed by atoms with van der Waals surface area (Å²) in [4.78, 5) is 17.7. The number of anilines is 1. The molecule has 0 bridgehead atoms. The van der Waals surface area contributed by atoms with Crippen LogP contribution in [0.15, 0.2) is 71.0 Å². The van der Waals surface area contributed by atoms with E-state index >= 15 is 0 Å². The van der Waals surface area contributed by atoms with Crippen molar-refractivity contribution in [2.75, 3.05) is 17.7 Å². The molecule has 1 atom stereocenters. The van der Waals surface area contributed by atoms with Crippen LogP contribution in [0.4, 0.5) is 5.95 Å². The van der Waals surface area contributed by atoms with Gasteiger partial charge >= 0.3 is 0 Å². The highest BCUT2D eigenvalue weighted by molar-refractivity contribution is 7.99. The molecule has 1 aliphatic carbocycles. The number of fused-ring (bicyclic) bond motifs is 1. The number of allylic oxidation sites excluding steroid dienone is 2. The number of benzene rings is 2. The zero-order chi connectivity index (χ0) is 22.6. The van der Waals surface area contributed by atoms with Crippen molar-refractivity contribution < 1.29 is 9.53 Å². The van der Waals surface area contributed by atoms with Gasteiger partial charge in [0.25, 0.3) is 0 Å². The van der Waals surface area contributed by atoms with E-state index in [4.69, 9.17) is 14.8 Å². The summed E-state index contributed by atoms with van der Waals surface area (Å²) >= 11 is 1.65. The number of carbonyl (C=O) groups excluding carboxylic acids is 1. The van der Waals surface area contributed by atoms with Crippen molar-refractivity contribution in [2.24, 2.45) is 0 Å². The minimum Gasteiger partial charge on any atom is -0.493 e. The van der Waals surface area contributed by atoms with E-state index in [1.54, 1.807) is 11.8 Å². The lowest BCUT2D eigenvalue weighted by Gasteiger charge is -2.32. The molecule has 7 heteroatoms. The predicted molar refractivity (Wildman–Crippen MR) is 131 cm³/mol. The Labute approximate surface area is 198 Å². The Hall–Kier alpha value is -3.06. The standard InChI is InChI=1S/C26H28N4O2S/c1-2-17-33-26-28-25-27-21-9-6-10-22(31)23(21)24(30(25)29-26)19-11-13-20(14-12-19)32-16-15-18-7-4-3-5-8-18/h3-5,7-8,11-14,24H,2,6,9-10,15-17H2,1H3,(H,27,28,29). The number of thioether (sulfide) groups is 1. The van der Waals surface area contributed by atoms with Crippen LogP contribution in [0.5, 0.6) is 5.75 Å². The molecule has 1 aromatic heterocycles. The average Bonchev–Trinajstić information content (AvgIpc) is 3.25. The van der Waals surface area contributed by atoms with E-state index < -0.39 is 0 Å². The monoisotopic (exact) mass is 460 g/mol. The molecule has 5 rings (SSSR count).